The summed E-state index contributed by atoms with van der Waals surface area (Å²) < 4.78 is 96.3. The number of rotatable bonds is 8. The molecule has 0 spiro atoms. The van der Waals surface area contributed by atoms with Crippen molar-refractivity contribution in [2.45, 2.75) is 0 Å². The first kappa shape index (κ1) is 72.7. The number of nitrogen functional groups attached to an aromatic ring is 1. The molecule has 0 saturated heterocycles. The number of halogens is 12. The number of carboxylic acid groups (broad SMARTS) is 1. The average molecular weight is 1580 g/mol. The third-order valence-corrected chi connectivity index (χ3v) is 15.6. The summed E-state index contributed by atoms with van der Waals surface area (Å²) in [4.78, 5) is 35.6. The molecule has 11 aromatic rings. The number of benzene rings is 5. The lowest BCUT2D eigenvalue weighted by Gasteiger charge is -2.05. The number of nitrogens with two attached hydrogens (primary N) is 1. The number of carbonyl (C=O) groups excluding carboxylic acids is 2. The number of nitrogens with one attached hydrogen (secondary N) is 2. The number of hydrogen-bond donors (Lipinski definition) is 6. The number of aromatic amines is 1. The van der Waals surface area contributed by atoms with Gasteiger partial charge < -0.3 is 26.2 Å². The van der Waals surface area contributed by atoms with Crippen LogP contribution in [0.15, 0.2) is 188 Å². The maximum Gasteiger partial charge on any atom is 0.507 e. The Morgan fingerprint density at radius 2 is 1.02 bits per heavy atom. The molecule has 5 aromatic carbocycles. The molecule has 0 atom stereocenters. The van der Waals surface area contributed by atoms with Crippen LogP contribution >= 0.6 is 116 Å². The Labute approximate surface area is 549 Å². The Bertz CT molecular complexity index is 3880. The third-order valence-electron chi connectivity index (χ3n) is 10.4. The van der Waals surface area contributed by atoms with E-state index in [4.69, 9.17) is 32.5 Å². The molecule has 7 N–H and O–H groups in total. The van der Waals surface area contributed by atoms with Gasteiger partial charge in [0, 0.05) is 43.2 Å². The van der Waals surface area contributed by atoms with E-state index in [1.54, 1.807) is 127 Å². The summed E-state index contributed by atoms with van der Waals surface area (Å²) in [7, 11) is 1.77. The number of carboxylic acids is 1. The van der Waals surface area contributed by atoms with Crippen LogP contribution in [-0.4, -0.2) is 74.1 Å². The molecule has 0 unspecified atom stereocenters. The van der Waals surface area contributed by atoms with E-state index in [0.29, 0.717) is 48.4 Å². The van der Waals surface area contributed by atoms with Gasteiger partial charge in [0.2, 0.25) is 0 Å². The van der Waals surface area contributed by atoms with Gasteiger partial charge in [0.15, 0.2) is 0 Å². The SMILES string of the molecule is CI.Cn1ccc(-c2ccccc2F)n1.Cn1nc(-c2ccccc2F)cc1B(O)O.Fc1ccccc1-c1ccn[nH]1.Nc1c(F)cccc1F.O=C(Cl)c1ccc(Br)s1.O=C(Nc1c(F)cccc1F)c1ccc(Br)s1.O=C(O)c1ccc(Br)s1. The minimum Gasteiger partial charge on any atom is -0.477 e. The quantitative estimate of drug-likeness (QED) is 0.0211. The second kappa shape index (κ2) is 37.1. The molecule has 6 heterocycles. The maximum absolute atomic E-state index is 13.4. The van der Waals surface area contributed by atoms with Crippen molar-refractivity contribution in [3.63, 3.8) is 0 Å². The van der Waals surface area contributed by atoms with Crippen LogP contribution in [0.1, 0.15) is 29.0 Å². The van der Waals surface area contributed by atoms with E-state index >= 15 is 0 Å². The Morgan fingerprint density at radius 3 is 1.38 bits per heavy atom. The van der Waals surface area contributed by atoms with Crippen molar-refractivity contribution in [1.29, 1.82) is 0 Å². The number of para-hydroxylation sites is 2. The number of carbonyl (C=O) groups is 3. The highest BCUT2D eigenvalue weighted by atomic mass is 127. The van der Waals surface area contributed by atoms with Crippen LogP contribution < -0.4 is 16.6 Å². The maximum atomic E-state index is 13.4. The summed E-state index contributed by atoms with van der Waals surface area (Å²) in [6, 6.07) is 41.3. The van der Waals surface area contributed by atoms with E-state index in [2.05, 4.69) is 96.1 Å². The molecule has 1 amide bonds. The second-order valence-electron chi connectivity index (χ2n) is 16.3. The van der Waals surface area contributed by atoms with Crippen molar-refractivity contribution in [3.05, 3.63) is 243 Å². The summed E-state index contributed by atoms with van der Waals surface area (Å²) in [5, 5.41) is 42.9. The van der Waals surface area contributed by atoms with Crippen LogP contribution in [0.5, 0.6) is 0 Å². The molecule has 0 aliphatic carbocycles. The zero-order valence-corrected chi connectivity index (χ0v) is 55.1. The summed E-state index contributed by atoms with van der Waals surface area (Å²) in [6.07, 6.45) is 3.39. The number of H-pyrrole nitrogens is 1. The average Bonchev–Trinajstić information content (AvgIpc) is 4.59. The van der Waals surface area contributed by atoms with Crippen LogP contribution in [0.2, 0.25) is 0 Å². The Balaban J connectivity index is 0.000000219. The highest BCUT2D eigenvalue weighted by Crippen LogP contribution is 2.27. The molecule has 0 fully saturated rings. The van der Waals surface area contributed by atoms with Crippen LogP contribution in [0.3, 0.4) is 0 Å². The Kier molecular flexibility index (Phi) is 31.0. The standard InChI is InChI=1S/C11H6BrF2NOS.C10H10BFN2O2.C10H9FN2.C9H7FN2.C6H5F2N.C5H2BrClOS.C5H3BrO2S.CH3I/c12-9-5-4-8(17-9)11(16)15-10-6(13)2-1-3-7(10)14;1-14-10(11(15)16)6-9(13-14)7-4-2-3-5-8(7)12;1-13-7-6-10(12-13)8-4-2-3-5-9(8)11;10-8-4-2-1-3-7(8)9-5-6-11-12-9;7-4-2-1-3-5(8)6(4)9;2*6-4-2-1-3(9-4)5(7)8;1-2/h1-5H,(H,15,16);2-6,15-16H,1H3;2-7H,1H3;1-6H,(H,11,12);1-3H,9H2;1-2H;1-2H,(H,7,8);1H3. The van der Waals surface area contributed by atoms with Crippen LogP contribution in [0.25, 0.3) is 33.8 Å². The largest absolute Gasteiger partial charge is 0.507 e. The number of aromatic nitrogens is 6. The highest BCUT2D eigenvalue weighted by Gasteiger charge is 2.20. The smallest absolute Gasteiger partial charge is 0.477 e. The van der Waals surface area contributed by atoms with Gasteiger partial charge in [-0.1, -0.05) is 71.1 Å². The number of nitrogens with zero attached hydrogens (tertiary/aromatic N) is 5. The van der Waals surface area contributed by atoms with E-state index in [9.17, 15) is 45.1 Å². The van der Waals surface area contributed by atoms with E-state index in [0.717, 1.165) is 35.6 Å². The lowest BCUT2D eigenvalue weighted by molar-refractivity contribution is 0.0701. The predicted octanol–water partition coefficient (Wildman–Crippen LogP) is 16.1. The zero-order valence-electron chi connectivity index (χ0n) is 45.0. The number of hydrogen-bond acceptors (Lipinski definition) is 12. The number of aryl methyl sites for hydroxylation is 2. The molecule has 30 heteroatoms. The molecule has 0 radical (unpaired) electrons. The van der Waals surface area contributed by atoms with Crippen molar-refractivity contribution < 1.29 is 60.3 Å². The van der Waals surface area contributed by atoms with Crippen molar-refractivity contribution in [2.75, 3.05) is 16.0 Å². The first-order chi connectivity index (χ1) is 41.4. The fourth-order valence-electron chi connectivity index (χ4n) is 6.43. The monoisotopic (exact) mass is 1580 g/mol. The second-order valence-corrected chi connectivity index (χ2v) is 24.0. The normalized spacial score (nSPS) is 9.90. The van der Waals surface area contributed by atoms with Gasteiger partial charge >= 0.3 is 13.1 Å². The van der Waals surface area contributed by atoms with E-state index in [1.165, 1.54) is 75.1 Å². The Morgan fingerprint density at radius 1 is 0.586 bits per heavy atom. The molecule has 87 heavy (non-hydrogen) atoms. The zero-order chi connectivity index (χ0) is 64.3. The van der Waals surface area contributed by atoms with Crippen LogP contribution in [-0.2, 0) is 14.1 Å². The van der Waals surface area contributed by atoms with Crippen LogP contribution in [0, 0.1) is 40.7 Å². The molecule has 0 aliphatic heterocycles. The fourth-order valence-corrected chi connectivity index (χ4v) is 10.3. The van der Waals surface area contributed by atoms with Crippen LogP contribution in [0.4, 0.5) is 42.1 Å². The Hall–Kier alpha value is -6.81. The summed E-state index contributed by atoms with van der Waals surface area (Å²) >= 11 is 20.6. The number of thiophene rings is 3. The molecular weight excluding hydrogens is 1530 g/mol. The van der Waals surface area contributed by atoms with Crippen molar-refractivity contribution in [2.24, 2.45) is 14.1 Å². The van der Waals surface area contributed by atoms with E-state index in [-0.39, 0.29) is 23.0 Å². The van der Waals surface area contributed by atoms with Gasteiger partial charge in [0.05, 0.1) is 43.8 Å². The lowest BCUT2D eigenvalue weighted by atomic mass is 9.85. The number of alkyl halides is 1. The predicted molar refractivity (Wildman–Crippen MR) is 349 cm³/mol. The molecule has 6 aromatic heterocycles. The van der Waals surface area contributed by atoms with Crippen molar-refractivity contribution >= 4 is 157 Å². The number of amides is 1. The summed E-state index contributed by atoms with van der Waals surface area (Å²) in [5.41, 5.74) is 7.49. The van der Waals surface area contributed by atoms with Gasteiger partial charge in [-0.05, 0) is 180 Å². The van der Waals surface area contributed by atoms with Gasteiger partial charge in [-0.2, -0.15) is 15.3 Å². The third kappa shape index (κ3) is 23.7. The first-order valence-electron chi connectivity index (χ1n) is 24.1. The van der Waals surface area contributed by atoms with E-state index < -0.39 is 58.9 Å². The summed E-state index contributed by atoms with van der Waals surface area (Å²) in [5.74, 6) is -5.29. The van der Waals surface area contributed by atoms with Crippen molar-refractivity contribution in [1.82, 2.24) is 29.8 Å². The van der Waals surface area contributed by atoms with E-state index in [1.807, 2.05) is 12.0 Å². The number of anilines is 2. The molecule has 14 nitrogen and oxygen atoms in total. The summed E-state index contributed by atoms with van der Waals surface area (Å²) in [6.45, 7) is 0. The molecule has 0 saturated carbocycles. The minimum absolute atomic E-state index is 0.221. The van der Waals surface area contributed by atoms with Gasteiger partial charge in [0.25, 0.3) is 11.1 Å². The molecule has 0 bridgehead atoms. The topological polar surface area (TPSA) is 214 Å². The number of aromatic carboxylic acids is 1. The van der Waals surface area contributed by atoms with Gasteiger partial charge in [-0.15, -0.1) is 34.0 Å². The highest BCUT2D eigenvalue weighted by molar-refractivity contribution is 14.1. The van der Waals surface area contributed by atoms with Gasteiger partial charge in [0.1, 0.15) is 57.0 Å². The molecule has 454 valence electrons. The molecular formula is C57H45BBr3ClF7IN8O6S3. The lowest BCUT2D eigenvalue weighted by Crippen LogP contribution is -2.35. The fraction of sp³-hybridized carbons (Fsp3) is 0.0526. The molecule has 11 rings (SSSR count). The van der Waals surface area contributed by atoms with Crippen molar-refractivity contribution in [3.8, 4) is 33.8 Å². The first-order valence-corrected chi connectivity index (χ1v) is 31.5. The molecule has 0 aliphatic rings. The minimum atomic E-state index is -1.61. The van der Waals surface area contributed by atoms with Gasteiger partial charge in [-0.25, -0.2) is 35.5 Å². The van der Waals surface area contributed by atoms with Gasteiger partial charge in [-0.3, -0.25) is 24.1 Å².